The molecule has 2 heterocycles. The summed E-state index contributed by atoms with van der Waals surface area (Å²) in [4.78, 5) is 11.3. The maximum atomic E-state index is 12.9. The molecule has 1 aliphatic heterocycles. The molecule has 0 spiro atoms. The third-order valence-electron chi connectivity index (χ3n) is 4.40. The molecule has 0 bridgehead atoms. The fourth-order valence-corrected chi connectivity index (χ4v) is 4.46. The lowest BCUT2D eigenvalue weighted by Gasteiger charge is -2.34. The molecule has 1 aromatic heterocycles. The van der Waals surface area contributed by atoms with Gasteiger partial charge in [0.1, 0.15) is 11.6 Å². The third kappa shape index (κ3) is 4.30. The minimum atomic E-state index is -3.55. The lowest BCUT2D eigenvalue weighted by Crippen LogP contribution is -2.49. The zero-order valence-electron chi connectivity index (χ0n) is 15.8. The molecule has 0 aliphatic carbocycles. The number of hydrogen-bond donors (Lipinski definition) is 1. The Labute approximate surface area is 160 Å². The van der Waals surface area contributed by atoms with E-state index in [1.54, 1.807) is 24.3 Å². The summed E-state index contributed by atoms with van der Waals surface area (Å²) in [5.41, 5.74) is 0.877. The van der Waals surface area contributed by atoms with Crippen molar-refractivity contribution in [3.8, 4) is 5.75 Å². The molecule has 3 rings (SSSR count). The van der Waals surface area contributed by atoms with Crippen LogP contribution in [0.4, 0.5) is 11.8 Å². The summed E-state index contributed by atoms with van der Waals surface area (Å²) in [6, 6.07) is 8.46. The van der Waals surface area contributed by atoms with Crippen molar-refractivity contribution >= 4 is 21.8 Å². The van der Waals surface area contributed by atoms with Crippen molar-refractivity contribution < 1.29 is 13.2 Å². The second-order valence-electron chi connectivity index (χ2n) is 6.30. The average Bonchev–Trinajstić information content (AvgIpc) is 2.68. The normalized spacial score (nSPS) is 15.6. The number of nitrogens with one attached hydrogen (secondary N) is 1. The first-order valence-electron chi connectivity index (χ1n) is 8.92. The molecule has 1 aromatic carbocycles. The Kier molecular flexibility index (Phi) is 5.81. The van der Waals surface area contributed by atoms with Crippen LogP contribution in [0.1, 0.15) is 12.6 Å². The van der Waals surface area contributed by atoms with Crippen LogP contribution in [0.25, 0.3) is 0 Å². The number of hydrogen-bond acceptors (Lipinski definition) is 7. The van der Waals surface area contributed by atoms with Crippen LogP contribution < -0.4 is 15.0 Å². The largest absolute Gasteiger partial charge is 0.497 e. The van der Waals surface area contributed by atoms with E-state index < -0.39 is 10.0 Å². The molecule has 8 nitrogen and oxygen atoms in total. The molecule has 0 radical (unpaired) electrons. The van der Waals surface area contributed by atoms with Gasteiger partial charge in [-0.1, -0.05) is 6.07 Å². The number of nitrogens with zero attached hydrogens (tertiary/aromatic N) is 4. The van der Waals surface area contributed by atoms with Crippen LogP contribution in [0.2, 0.25) is 0 Å². The molecule has 27 heavy (non-hydrogen) atoms. The predicted molar refractivity (Wildman–Crippen MR) is 105 cm³/mol. The summed E-state index contributed by atoms with van der Waals surface area (Å²) in [6.07, 6.45) is 0. The standard InChI is InChI=1S/C18H25N5O3S/c1-4-19-17-12-14(2)20-18(21-17)22-8-10-23(11-9-22)27(24,25)16-7-5-6-15(13-16)26-3/h5-7,12-13H,4,8-11H2,1-3H3,(H,19,20,21). The van der Waals surface area contributed by atoms with E-state index in [2.05, 4.69) is 15.3 Å². The van der Waals surface area contributed by atoms with Gasteiger partial charge in [0.2, 0.25) is 16.0 Å². The lowest BCUT2D eigenvalue weighted by molar-refractivity contribution is 0.381. The fourth-order valence-electron chi connectivity index (χ4n) is 3.01. The van der Waals surface area contributed by atoms with Gasteiger partial charge in [0.05, 0.1) is 12.0 Å². The maximum absolute atomic E-state index is 12.9. The molecular formula is C18H25N5O3S. The summed E-state index contributed by atoms with van der Waals surface area (Å²) in [5, 5.41) is 3.20. The number of aromatic nitrogens is 2. The minimum absolute atomic E-state index is 0.247. The summed E-state index contributed by atoms with van der Waals surface area (Å²) in [5.74, 6) is 1.94. The molecule has 1 aliphatic rings. The molecule has 0 atom stereocenters. The molecule has 0 unspecified atom stereocenters. The van der Waals surface area contributed by atoms with Gasteiger partial charge in [0.15, 0.2) is 0 Å². The van der Waals surface area contributed by atoms with Gasteiger partial charge in [-0.2, -0.15) is 9.29 Å². The summed E-state index contributed by atoms with van der Waals surface area (Å²) >= 11 is 0. The van der Waals surface area contributed by atoms with Gasteiger partial charge in [-0.25, -0.2) is 13.4 Å². The van der Waals surface area contributed by atoms with Crippen LogP contribution in [0.5, 0.6) is 5.75 Å². The van der Waals surface area contributed by atoms with E-state index in [-0.39, 0.29) is 4.90 Å². The first-order valence-corrected chi connectivity index (χ1v) is 10.4. The highest BCUT2D eigenvalue weighted by Crippen LogP contribution is 2.23. The predicted octanol–water partition coefficient (Wildman–Crippen LogP) is 1.74. The number of aryl methyl sites for hydroxylation is 1. The Morgan fingerprint density at radius 3 is 2.56 bits per heavy atom. The maximum Gasteiger partial charge on any atom is 0.243 e. The highest BCUT2D eigenvalue weighted by molar-refractivity contribution is 7.89. The fraction of sp³-hybridized carbons (Fsp3) is 0.444. The van der Waals surface area contributed by atoms with Gasteiger partial charge in [-0.05, 0) is 26.0 Å². The monoisotopic (exact) mass is 391 g/mol. The first-order chi connectivity index (χ1) is 12.9. The van der Waals surface area contributed by atoms with Crippen molar-refractivity contribution in [2.75, 3.05) is 50.1 Å². The van der Waals surface area contributed by atoms with Crippen LogP contribution in [-0.4, -0.2) is 62.5 Å². The third-order valence-corrected chi connectivity index (χ3v) is 6.30. The second kappa shape index (κ2) is 8.10. The molecule has 0 amide bonds. The molecule has 146 valence electrons. The Hall–Kier alpha value is -2.39. The van der Waals surface area contributed by atoms with Crippen LogP contribution in [0.15, 0.2) is 35.2 Å². The zero-order chi connectivity index (χ0) is 19.4. The van der Waals surface area contributed by atoms with Gasteiger partial charge in [0, 0.05) is 50.6 Å². The van der Waals surface area contributed by atoms with E-state index in [1.807, 2.05) is 24.8 Å². The van der Waals surface area contributed by atoms with E-state index in [4.69, 9.17) is 4.74 Å². The van der Waals surface area contributed by atoms with Crippen LogP contribution in [0, 0.1) is 6.92 Å². The van der Waals surface area contributed by atoms with Crippen LogP contribution in [-0.2, 0) is 10.0 Å². The van der Waals surface area contributed by atoms with Crippen molar-refractivity contribution in [1.82, 2.24) is 14.3 Å². The van der Waals surface area contributed by atoms with Gasteiger partial charge in [-0.15, -0.1) is 0 Å². The molecule has 1 saturated heterocycles. The number of piperazine rings is 1. The van der Waals surface area contributed by atoms with Gasteiger partial charge in [0.25, 0.3) is 0 Å². The van der Waals surface area contributed by atoms with Crippen LogP contribution >= 0.6 is 0 Å². The number of benzene rings is 1. The van der Waals surface area contributed by atoms with E-state index in [0.29, 0.717) is 37.9 Å². The highest BCUT2D eigenvalue weighted by atomic mass is 32.2. The molecule has 2 aromatic rings. The molecule has 9 heteroatoms. The van der Waals surface area contributed by atoms with Crippen molar-refractivity contribution in [3.63, 3.8) is 0 Å². The summed E-state index contributed by atoms with van der Waals surface area (Å²) < 4.78 is 32.4. The Morgan fingerprint density at radius 1 is 1.15 bits per heavy atom. The highest BCUT2D eigenvalue weighted by Gasteiger charge is 2.29. The molecule has 1 N–H and O–H groups in total. The van der Waals surface area contributed by atoms with Gasteiger partial charge >= 0.3 is 0 Å². The smallest absolute Gasteiger partial charge is 0.243 e. The number of ether oxygens (including phenoxy) is 1. The van der Waals surface area contributed by atoms with E-state index >= 15 is 0 Å². The van der Waals surface area contributed by atoms with Crippen molar-refractivity contribution in [2.45, 2.75) is 18.7 Å². The SMILES string of the molecule is CCNc1cc(C)nc(N2CCN(S(=O)(=O)c3cccc(OC)c3)CC2)n1. The summed E-state index contributed by atoms with van der Waals surface area (Å²) in [6.45, 7) is 6.56. The van der Waals surface area contributed by atoms with Gasteiger partial charge < -0.3 is 15.0 Å². The lowest BCUT2D eigenvalue weighted by atomic mass is 10.3. The Bertz CT molecular complexity index is 896. The van der Waals surface area contributed by atoms with Crippen molar-refractivity contribution in [2.24, 2.45) is 0 Å². The van der Waals surface area contributed by atoms with Crippen molar-refractivity contribution in [3.05, 3.63) is 36.0 Å². The van der Waals surface area contributed by atoms with Crippen molar-refractivity contribution in [1.29, 1.82) is 0 Å². The Balaban J connectivity index is 1.73. The number of anilines is 2. The number of sulfonamides is 1. The molecular weight excluding hydrogens is 366 g/mol. The zero-order valence-corrected chi connectivity index (χ0v) is 16.7. The Morgan fingerprint density at radius 2 is 1.89 bits per heavy atom. The van der Waals surface area contributed by atoms with E-state index in [9.17, 15) is 8.42 Å². The first kappa shape index (κ1) is 19.4. The number of rotatable bonds is 6. The topological polar surface area (TPSA) is 87.7 Å². The summed E-state index contributed by atoms with van der Waals surface area (Å²) in [7, 11) is -2.03. The van der Waals surface area contributed by atoms with Crippen LogP contribution in [0.3, 0.4) is 0 Å². The second-order valence-corrected chi connectivity index (χ2v) is 8.23. The quantitative estimate of drug-likeness (QED) is 0.802. The molecule has 0 saturated carbocycles. The van der Waals surface area contributed by atoms with E-state index in [0.717, 1.165) is 18.1 Å². The average molecular weight is 391 g/mol. The van der Waals surface area contributed by atoms with Gasteiger partial charge in [-0.3, -0.25) is 0 Å². The number of methoxy groups -OCH3 is 1. The molecule has 1 fully saturated rings. The van der Waals surface area contributed by atoms with E-state index in [1.165, 1.54) is 11.4 Å². The minimum Gasteiger partial charge on any atom is -0.497 e.